The molecule has 0 saturated carbocycles. The summed E-state index contributed by atoms with van der Waals surface area (Å²) in [4.78, 5) is 13.9. The van der Waals surface area contributed by atoms with E-state index in [2.05, 4.69) is 5.32 Å². The molecule has 0 aliphatic rings. The summed E-state index contributed by atoms with van der Waals surface area (Å²) in [6.45, 7) is 0.623. The molecule has 0 radical (unpaired) electrons. The summed E-state index contributed by atoms with van der Waals surface area (Å²) in [5.41, 5.74) is 0.412. The maximum absolute atomic E-state index is 13.8. The Morgan fingerprint density at radius 1 is 1.42 bits per heavy atom. The van der Waals surface area contributed by atoms with E-state index in [1.807, 2.05) is 6.26 Å². The minimum atomic E-state index is -0.588. The molecular weight excluding hydrogens is 263 g/mol. The SMILES string of the molecule is CSCCCNC(=O)[C@@H](c1ccccc1F)N(C)C. The van der Waals surface area contributed by atoms with Crippen molar-refractivity contribution in [1.29, 1.82) is 0 Å². The Hall–Kier alpha value is -1.07. The second-order valence-electron chi connectivity index (χ2n) is 4.53. The lowest BCUT2D eigenvalue weighted by Gasteiger charge is -2.24. The largest absolute Gasteiger partial charge is 0.354 e. The van der Waals surface area contributed by atoms with Gasteiger partial charge in [-0.1, -0.05) is 18.2 Å². The van der Waals surface area contributed by atoms with Gasteiger partial charge in [-0.05, 0) is 38.6 Å². The van der Waals surface area contributed by atoms with Gasteiger partial charge in [0, 0.05) is 12.1 Å². The molecule has 5 heteroatoms. The van der Waals surface area contributed by atoms with Crippen LogP contribution < -0.4 is 5.32 Å². The number of amides is 1. The summed E-state index contributed by atoms with van der Waals surface area (Å²) in [7, 11) is 3.55. The minimum Gasteiger partial charge on any atom is -0.354 e. The van der Waals surface area contributed by atoms with E-state index in [0.29, 0.717) is 12.1 Å². The number of rotatable bonds is 7. The van der Waals surface area contributed by atoms with Crippen LogP contribution >= 0.6 is 11.8 Å². The Morgan fingerprint density at radius 2 is 2.11 bits per heavy atom. The van der Waals surface area contributed by atoms with Crippen LogP contribution in [0.5, 0.6) is 0 Å². The second kappa shape index (κ2) is 8.17. The Kier molecular flexibility index (Phi) is 6.87. The summed E-state index contributed by atoms with van der Waals surface area (Å²) in [6.07, 6.45) is 2.95. The first-order valence-corrected chi connectivity index (χ1v) is 7.64. The van der Waals surface area contributed by atoms with Gasteiger partial charge in [-0.3, -0.25) is 9.69 Å². The van der Waals surface area contributed by atoms with Gasteiger partial charge in [0.1, 0.15) is 11.9 Å². The quantitative estimate of drug-likeness (QED) is 0.780. The fourth-order valence-electron chi connectivity index (χ4n) is 1.88. The molecule has 0 bridgehead atoms. The molecule has 0 spiro atoms. The molecule has 0 fully saturated rings. The summed E-state index contributed by atoms with van der Waals surface area (Å²) in [5.74, 6) is 0.503. The predicted octanol–water partition coefficient (Wildman–Crippen LogP) is 2.30. The maximum atomic E-state index is 13.8. The Balaban J connectivity index is 2.73. The molecule has 1 aromatic carbocycles. The molecule has 0 aliphatic carbocycles. The predicted molar refractivity (Wildman–Crippen MR) is 78.8 cm³/mol. The summed E-state index contributed by atoms with van der Waals surface area (Å²) >= 11 is 1.75. The molecule has 0 aromatic heterocycles. The zero-order valence-electron chi connectivity index (χ0n) is 11.6. The second-order valence-corrected chi connectivity index (χ2v) is 5.51. The maximum Gasteiger partial charge on any atom is 0.242 e. The number of nitrogens with one attached hydrogen (secondary N) is 1. The van der Waals surface area contributed by atoms with Gasteiger partial charge in [-0.2, -0.15) is 11.8 Å². The molecule has 1 atom stereocenters. The monoisotopic (exact) mass is 284 g/mol. The van der Waals surface area contributed by atoms with Gasteiger partial charge in [0.15, 0.2) is 0 Å². The molecule has 0 saturated heterocycles. The van der Waals surface area contributed by atoms with Gasteiger partial charge >= 0.3 is 0 Å². The molecule has 1 rings (SSSR count). The molecule has 1 N–H and O–H groups in total. The smallest absolute Gasteiger partial charge is 0.242 e. The van der Waals surface area contributed by atoms with E-state index < -0.39 is 6.04 Å². The molecular formula is C14H21FN2OS. The van der Waals surface area contributed by atoms with Gasteiger partial charge in [-0.25, -0.2) is 4.39 Å². The van der Waals surface area contributed by atoms with Crippen LogP contribution in [0.25, 0.3) is 0 Å². The summed E-state index contributed by atoms with van der Waals surface area (Å²) in [5, 5.41) is 2.86. The van der Waals surface area contributed by atoms with Crippen LogP contribution in [0, 0.1) is 5.82 Å². The first-order valence-electron chi connectivity index (χ1n) is 6.25. The van der Waals surface area contributed by atoms with Crippen molar-refractivity contribution in [1.82, 2.24) is 10.2 Å². The third-order valence-corrected chi connectivity index (χ3v) is 3.49. The number of hydrogen-bond acceptors (Lipinski definition) is 3. The van der Waals surface area contributed by atoms with Crippen molar-refractivity contribution < 1.29 is 9.18 Å². The molecule has 19 heavy (non-hydrogen) atoms. The molecule has 1 aromatic rings. The van der Waals surface area contributed by atoms with Crippen LogP contribution in [-0.4, -0.2) is 43.5 Å². The van der Waals surface area contributed by atoms with Crippen LogP contribution in [0.2, 0.25) is 0 Å². The summed E-state index contributed by atoms with van der Waals surface area (Å²) < 4.78 is 13.8. The molecule has 3 nitrogen and oxygen atoms in total. The van der Waals surface area contributed by atoms with Crippen molar-refractivity contribution in [3.8, 4) is 0 Å². The molecule has 106 valence electrons. The average Bonchev–Trinajstić information content (AvgIpc) is 2.37. The van der Waals surface area contributed by atoms with Gasteiger partial charge in [-0.15, -0.1) is 0 Å². The highest BCUT2D eigenvalue weighted by Gasteiger charge is 2.24. The Labute approximate surface area is 118 Å². The number of hydrogen-bond donors (Lipinski definition) is 1. The van der Waals surface area contributed by atoms with E-state index in [-0.39, 0.29) is 11.7 Å². The van der Waals surface area contributed by atoms with E-state index in [1.54, 1.807) is 49.0 Å². The highest BCUT2D eigenvalue weighted by atomic mass is 32.2. The lowest BCUT2D eigenvalue weighted by atomic mass is 10.0. The van der Waals surface area contributed by atoms with Crippen LogP contribution in [0.1, 0.15) is 18.0 Å². The van der Waals surface area contributed by atoms with Crippen LogP contribution in [-0.2, 0) is 4.79 Å². The van der Waals surface area contributed by atoms with E-state index in [1.165, 1.54) is 6.07 Å². The van der Waals surface area contributed by atoms with Crippen LogP contribution in [0.15, 0.2) is 24.3 Å². The van der Waals surface area contributed by atoms with E-state index in [9.17, 15) is 9.18 Å². The average molecular weight is 284 g/mol. The number of benzene rings is 1. The van der Waals surface area contributed by atoms with Gasteiger partial charge in [0.25, 0.3) is 0 Å². The van der Waals surface area contributed by atoms with E-state index in [0.717, 1.165) is 12.2 Å². The zero-order valence-corrected chi connectivity index (χ0v) is 12.5. The lowest BCUT2D eigenvalue weighted by Crippen LogP contribution is -2.38. The number of halogens is 1. The van der Waals surface area contributed by atoms with E-state index in [4.69, 9.17) is 0 Å². The van der Waals surface area contributed by atoms with Crippen molar-refractivity contribution in [2.75, 3.05) is 32.6 Å². The van der Waals surface area contributed by atoms with Crippen molar-refractivity contribution >= 4 is 17.7 Å². The van der Waals surface area contributed by atoms with Crippen molar-refractivity contribution in [3.05, 3.63) is 35.6 Å². The third kappa shape index (κ3) is 4.84. The van der Waals surface area contributed by atoms with Crippen molar-refractivity contribution in [2.24, 2.45) is 0 Å². The number of thioether (sulfide) groups is 1. The number of nitrogens with zero attached hydrogens (tertiary/aromatic N) is 1. The molecule has 0 aliphatic heterocycles. The summed E-state index contributed by atoms with van der Waals surface area (Å²) in [6, 6.07) is 5.82. The molecule has 0 heterocycles. The fourth-order valence-corrected chi connectivity index (χ4v) is 2.31. The van der Waals surface area contributed by atoms with Gasteiger partial charge < -0.3 is 5.32 Å². The van der Waals surface area contributed by atoms with E-state index >= 15 is 0 Å². The van der Waals surface area contributed by atoms with Crippen LogP contribution in [0.3, 0.4) is 0 Å². The first-order chi connectivity index (χ1) is 9.07. The highest BCUT2D eigenvalue weighted by Crippen LogP contribution is 2.21. The molecule has 0 unspecified atom stereocenters. The first kappa shape index (κ1) is 16.0. The zero-order chi connectivity index (χ0) is 14.3. The fraction of sp³-hybridized carbons (Fsp3) is 0.500. The minimum absolute atomic E-state index is 0.156. The van der Waals surface area contributed by atoms with Crippen molar-refractivity contribution in [3.63, 3.8) is 0 Å². The Morgan fingerprint density at radius 3 is 2.68 bits per heavy atom. The Bertz CT molecular complexity index is 412. The van der Waals surface area contributed by atoms with Crippen molar-refractivity contribution in [2.45, 2.75) is 12.5 Å². The standard InChI is InChI=1S/C14H21FN2OS/c1-17(2)13(11-7-4-5-8-12(11)15)14(18)16-9-6-10-19-3/h4-5,7-8,13H,6,9-10H2,1-3H3,(H,16,18)/t13-/m1/s1. The number of carbonyl (C=O) groups excluding carboxylic acids is 1. The highest BCUT2D eigenvalue weighted by molar-refractivity contribution is 7.98. The topological polar surface area (TPSA) is 32.3 Å². The van der Waals surface area contributed by atoms with Gasteiger partial charge in [0.2, 0.25) is 5.91 Å². The number of carbonyl (C=O) groups is 1. The molecule has 1 amide bonds. The third-order valence-electron chi connectivity index (χ3n) is 2.79. The van der Waals surface area contributed by atoms with Gasteiger partial charge in [0.05, 0.1) is 0 Å². The normalized spacial score (nSPS) is 12.5. The number of likely N-dealkylation sites (N-methyl/N-ethyl adjacent to an activating group) is 1. The lowest BCUT2D eigenvalue weighted by molar-refractivity contribution is -0.125. The van der Waals surface area contributed by atoms with Crippen LogP contribution in [0.4, 0.5) is 4.39 Å².